The number of nitrogens with zero attached hydrogens (tertiary/aromatic N) is 1. The molecule has 1 saturated carbocycles. The zero-order valence-corrected chi connectivity index (χ0v) is 11.0. The van der Waals surface area contributed by atoms with Gasteiger partial charge in [-0.3, -0.25) is 14.9 Å². The average molecular weight is 280 g/mol. The Morgan fingerprint density at radius 2 is 2.10 bits per heavy atom. The summed E-state index contributed by atoms with van der Waals surface area (Å²) in [7, 11) is 1.60. The van der Waals surface area contributed by atoms with Crippen molar-refractivity contribution in [3.63, 3.8) is 0 Å². The second kappa shape index (κ2) is 5.46. The first-order valence-corrected chi connectivity index (χ1v) is 6.29. The molecule has 1 aromatic carbocycles. The van der Waals surface area contributed by atoms with E-state index in [0.717, 1.165) is 12.8 Å². The third-order valence-corrected chi connectivity index (χ3v) is 3.62. The van der Waals surface area contributed by atoms with Crippen molar-refractivity contribution in [1.82, 2.24) is 5.32 Å². The van der Waals surface area contributed by atoms with Gasteiger partial charge in [-0.05, 0) is 37.9 Å². The molecule has 1 unspecified atom stereocenters. The third-order valence-electron chi connectivity index (χ3n) is 3.62. The van der Waals surface area contributed by atoms with Crippen LogP contribution >= 0.6 is 0 Å². The van der Waals surface area contributed by atoms with E-state index in [1.165, 1.54) is 24.3 Å². The van der Waals surface area contributed by atoms with Crippen molar-refractivity contribution in [3.8, 4) is 5.75 Å². The van der Waals surface area contributed by atoms with Crippen molar-refractivity contribution in [1.29, 1.82) is 0 Å². The van der Waals surface area contributed by atoms with Crippen molar-refractivity contribution in [3.05, 3.63) is 34.4 Å². The van der Waals surface area contributed by atoms with Crippen LogP contribution in [0.15, 0.2) is 24.3 Å². The number of carboxylic acids is 1. The molecule has 0 saturated heterocycles. The molecule has 1 aliphatic rings. The zero-order chi connectivity index (χ0) is 14.8. The van der Waals surface area contributed by atoms with E-state index < -0.39 is 16.4 Å². The highest BCUT2D eigenvalue weighted by Gasteiger charge is 2.51. The van der Waals surface area contributed by atoms with E-state index in [9.17, 15) is 20.0 Å². The topological polar surface area (TPSA) is 102 Å². The van der Waals surface area contributed by atoms with Crippen molar-refractivity contribution in [2.24, 2.45) is 5.92 Å². The molecule has 0 heterocycles. The van der Waals surface area contributed by atoms with Crippen LogP contribution in [-0.2, 0) is 4.79 Å². The predicted octanol–water partition coefficient (Wildman–Crippen LogP) is 1.43. The molecule has 0 aliphatic heterocycles. The first kappa shape index (κ1) is 14.3. The van der Waals surface area contributed by atoms with Crippen LogP contribution in [0, 0.1) is 16.0 Å². The van der Waals surface area contributed by atoms with Crippen LogP contribution in [-0.4, -0.2) is 35.2 Å². The lowest BCUT2D eigenvalue weighted by molar-refractivity contribution is -0.384. The molecule has 2 rings (SSSR count). The third kappa shape index (κ3) is 2.72. The molecule has 2 N–H and O–H groups in total. The predicted molar refractivity (Wildman–Crippen MR) is 70.7 cm³/mol. The van der Waals surface area contributed by atoms with Crippen LogP contribution in [0.5, 0.6) is 5.75 Å². The molecule has 1 aromatic rings. The van der Waals surface area contributed by atoms with Gasteiger partial charge >= 0.3 is 5.97 Å². The van der Waals surface area contributed by atoms with Crippen molar-refractivity contribution >= 4 is 11.7 Å². The molecule has 108 valence electrons. The average Bonchev–Trinajstić information content (AvgIpc) is 3.25. The van der Waals surface area contributed by atoms with Crippen LogP contribution in [0.2, 0.25) is 0 Å². The first-order valence-electron chi connectivity index (χ1n) is 6.29. The second-order valence-electron chi connectivity index (χ2n) is 4.84. The number of ether oxygens (including phenoxy) is 1. The second-order valence-corrected chi connectivity index (χ2v) is 4.84. The van der Waals surface area contributed by atoms with Gasteiger partial charge in [0.2, 0.25) is 0 Å². The van der Waals surface area contributed by atoms with Crippen LogP contribution in [0.1, 0.15) is 12.8 Å². The molecular weight excluding hydrogens is 264 g/mol. The molecular formula is C13H16N2O5. The molecule has 0 radical (unpaired) electrons. The summed E-state index contributed by atoms with van der Waals surface area (Å²) < 4.78 is 5.49. The van der Waals surface area contributed by atoms with E-state index in [4.69, 9.17) is 4.74 Å². The van der Waals surface area contributed by atoms with E-state index in [0.29, 0.717) is 5.75 Å². The highest BCUT2D eigenvalue weighted by Crippen LogP contribution is 2.40. The molecule has 0 bridgehead atoms. The monoisotopic (exact) mass is 280 g/mol. The molecule has 1 atom stereocenters. The Hall–Kier alpha value is -2.15. The Morgan fingerprint density at radius 1 is 1.50 bits per heavy atom. The van der Waals surface area contributed by atoms with Crippen molar-refractivity contribution in [2.75, 3.05) is 13.7 Å². The summed E-state index contributed by atoms with van der Waals surface area (Å²) in [4.78, 5) is 21.5. The standard InChI is InChI=1S/C13H16N2O5/c1-14-13(12(16)17,9-2-3-9)8-20-11-6-4-10(5-7-11)15(18)19/h4-7,9,14H,2-3,8H2,1H3,(H,16,17). The molecule has 1 aliphatic carbocycles. The Labute approximate surface area is 115 Å². The van der Waals surface area contributed by atoms with Gasteiger partial charge in [0.15, 0.2) is 5.54 Å². The van der Waals surface area contributed by atoms with E-state index in [-0.39, 0.29) is 18.2 Å². The maximum Gasteiger partial charge on any atom is 0.327 e. The van der Waals surface area contributed by atoms with Crippen molar-refractivity contribution in [2.45, 2.75) is 18.4 Å². The number of aliphatic carboxylic acids is 1. The molecule has 20 heavy (non-hydrogen) atoms. The van der Waals surface area contributed by atoms with Gasteiger partial charge in [0, 0.05) is 12.1 Å². The fourth-order valence-corrected chi connectivity index (χ4v) is 2.17. The first-order chi connectivity index (χ1) is 9.49. The van der Waals surface area contributed by atoms with Gasteiger partial charge in [-0.1, -0.05) is 0 Å². The summed E-state index contributed by atoms with van der Waals surface area (Å²) in [5.41, 5.74) is -1.13. The number of nitro benzene ring substituents is 1. The number of hydrogen-bond donors (Lipinski definition) is 2. The number of rotatable bonds is 7. The van der Waals surface area contributed by atoms with Crippen LogP contribution in [0.25, 0.3) is 0 Å². The van der Waals surface area contributed by atoms with E-state index >= 15 is 0 Å². The largest absolute Gasteiger partial charge is 0.491 e. The minimum Gasteiger partial charge on any atom is -0.491 e. The minimum absolute atomic E-state index is 0.0126. The maximum atomic E-state index is 11.5. The van der Waals surface area contributed by atoms with E-state index in [2.05, 4.69) is 5.32 Å². The summed E-state index contributed by atoms with van der Waals surface area (Å²) in [6.07, 6.45) is 1.72. The van der Waals surface area contributed by atoms with Gasteiger partial charge in [-0.25, -0.2) is 0 Å². The lowest BCUT2D eigenvalue weighted by atomic mass is 9.94. The molecule has 7 nitrogen and oxygen atoms in total. The summed E-state index contributed by atoms with van der Waals surface area (Å²) in [5, 5.41) is 22.8. The number of likely N-dealkylation sites (N-methyl/N-ethyl adjacent to an activating group) is 1. The van der Waals surface area contributed by atoms with E-state index in [1.54, 1.807) is 7.05 Å². The SMILES string of the molecule is CNC(COc1ccc([N+](=O)[O-])cc1)(C(=O)O)C1CC1. The number of nitro groups is 1. The summed E-state index contributed by atoms with van der Waals surface area (Å²) >= 11 is 0. The molecule has 1 fully saturated rings. The van der Waals surface area contributed by atoms with Gasteiger partial charge < -0.3 is 15.2 Å². The molecule has 0 amide bonds. The maximum absolute atomic E-state index is 11.5. The Morgan fingerprint density at radius 3 is 2.50 bits per heavy atom. The van der Waals surface area contributed by atoms with Gasteiger partial charge in [-0.2, -0.15) is 0 Å². The number of benzene rings is 1. The fraction of sp³-hybridized carbons (Fsp3) is 0.462. The van der Waals surface area contributed by atoms with Gasteiger partial charge in [0.05, 0.1) is 4.92 Å². The number of carbonyl (C=O) groups is 1. The quantitative estimate of drug-likeness (QED) is 0.578. The Kier molecular flexibility index (Phi) is 3.89. The number of non-ortho nitro benzene ring substituents is 1. The normalized spacial score (nSPS) is 17.2. The lowest BCUT2D eigenvalue weighted by Gasteiger charge is -2.28. The minimum atomic E-state index is -1.10. The van der Waals surface area contributed by atoms with Crippen molar-refractivity contribution < 1.29 is 19.6 Å². The summed E-state index contributed by atoms with van der Waals surface area (Å²) in [6, 6.07) is 5.59. The van der Waals surface area contributed by atoms with Crippen LogP contribution in [0.4, 0.5) is 5.69 Å². The number of nitrogens with one attached hydrogen (secondary N) is 1. The zero-order valence-electron chi connectivity index (χ0n) is 11.0. The van der Waals surface area contributed by atoms with Gasteiger partial charge in [-0.15, -0.1) is 0 Å². The highest BCUT2D eigenvalue weighted by atomic mass is 16.6. The van der Waals surface area contributed by atoms with Crippen LogP contribution < -0.4 is 10.1 Å². The van der Waals surface area contributed by atoms with E-state index in [1.807, 2.05) is 0 Å². The molecule has 0 aromatic heterocycles. The molecule has 7 heteroatoms. The number of hydrogen-bond acceptors (Lipinski definition) is 5. The smallest absolute Gasteiger partial charge is 0.327 e. The fourth-order valence-electron chi connectivity index (χ4n) is 2.17. The molecule has 0 spiro atoms. The Bertz CT molecular complexity index is 512. The van der Waals surface area contributed by atoms with Gasteiger partial charge in [0.1, 0.15) is 12.4 Å². The van der Waals surface area contributed by atoms with Crippen LogP contribution in [0.3, 0.4) is 0 Å². The van der Waals surface area contributed by atoms with Gasteiger partial charge in [0.25, 0.3) is 5.69 Å². The summed E-state index contributed by atoms with van der Waals surface area (Å²) in [5.74, 6) is -0.468. The summed E-state index contributed by atoms with van der Waals surface area (Å²) in [6.45, 7) is -0.0126. The Balaban J connectivity index is 2.06. The highest BCUT2D eigenvalue weighted by molar-refractivity contribution is 5.80. The number of carboxylic acid groups (broad SMARTS) is 1. The lowest BCUT2D eigenvalue weighted by Crippen LogP contribution is -2.56.